The summed E-state index contributed by atoms with van der Waals surface area (Å²) in [4.78, 5) is 42.1. The van der Waals surface area contributed by atoms with Crippen molar-refractivity contribution < 1.29 is 24.2 Å². The van der Waals surface area contributed by atoms with Crippen molar-refractivity contribution in [3.05, 3.63) is 100.0 Å². The van der Waals surface area contributed by atoms with Gasteiger partial charge in [-0.3, -0.25) is 9.59 Å². The lowest BCUT2D eigenvalue weighted by Gasteiger charge is -2.21. The Kier molecular flexibility index (Phi) is 8.40. The van der Waals surface area contributed by atoms with Gasteiger partial charge in [-0.15, -0.1) is 0 Å². The molecule has 1 N–H and O–H groups in total. The maximum absolute atomic E-state index is 13.4. The number of imidazole rings is 1. The number of rotatable bonds is 11. The van der Waals surface area contributed by atoms with Gasteiger partial charge >= 0.3 is 5.97 Å². The van der Waals surface area contributed by atoms with Crippen LogP contribution in [0.15, 0.2) is 78.2 Å². The van der Waals surface area contributed by atoms with Crippen molar-refractivity contribution >= 4 is 23.4 Å². The number of ether oxygens (including phenoxy) is 2. The van der Waals surface area contributed by atoms with Crippen LogP contribution in [0.3, 0.4) is 0 Å². The standard InChI is InChI=1S/C28H26ClN3O6/c1-37-12-9-24(25(33)13-18-3-5-19(6-4-18)28(35)36)32-16-26(38-2)22(15-27(32)34)21-14-20(29)7-8-23(21)31-11-10-30-17-31/h3-8,10-11,14-17,24H,9,12-13H2,1-2H3,(H,35,36). The van der Waals surface area contributed by atoms with Crippen LogP contribution >= 0.6 is 11.6 Å². The van der Waals surface area contributed by atoms with Gasteiger partial charge in [0.05, 0.1) is 36.9 Å². The normalized spacial score (nSPS) is 11.8. The molecule has 0 radical (unpaired) electrons. The van der Waals surface area contributed by atoms with E-state index in [1.165, 1.54) is 43.2 Å². The number of Topliss-reactive ketones (excluding diaryl/α,β-unsaturated/α-hetero) is 1. The number of carboxylic acid groups (broad SMARTS) is 1. The van der Waals surface area contributed by atoms with E-state index in [9.17, 15) is 14.4 Å². The number of carbonyl (C=O) groups excluding carboxylic acids is 1. The zero-order valence-electron chi connectivity index (χ0n) is 20.8. The van der Waals surface area contributed by atoms with E-state index in [1.807, 2.05) is 6.07 Å². The number of benzene rings is 2. The lowest BCUT2D eigenvalue weighted by atomic mass is 9.99. The highest BCUT2D eigenvalue weighted by molar-refractivity contribution is 6.31. The molecular weight excluding hydrogens is 510 g/mol. The van der Waals surface area contributed by atoms with Gasteiger partial charge in [0.15, 0.2) is 5.78 Å². The Labute approximate surface area is 223 Å². The fraction of sp³-hybridized carbons (Fsp3) is 0.214. The minimum atomic E-state index is -1.05. The second-order valence-corrected chi connectivity index (χ2v) is 9.01. The number of methoxy groups -OCH3 is 2. The Morgan fingerprint density at radius 1 is 1.08 bits per heavy atom. The number of ketones is 1. The molecule has 2 heterocycles. The number of carbonyl (C=O) groups is 2. The fourth-order valence-electron chi connectivity index (χ4n) is 4.26. The van der Waals surface area contributed by atoms with Crippen LogP contribution in [0.25, 0.3) is 16.8 Å². The molecule has 38 heavy (non-hydrogen) atoms. The fourth-order valence-corrected chi connectivity index (χ4v) is 4.44. The van der Waals surface area contributed by atoms with Crippen molar-refractivity contribution in [1.82, 2.24) is 14.1 Å². The van der Waals surface area contributed by atoms with E-state index in [2.05, 4.69) is 4.98 Å². The zero-order chi connectivity index (χ0) is 27.2. The first-order chi connectivity index (χ1) is 18.3. The van der Waals surface area contributed by atoms with Crippen molar-refractivity contribution in [3.8, 4) is 22.6 Å². The zero-order valence-corrected chi connectivity index (χ0v) is 21.6. The van der Waals surface area contributed by atoms with Crippen LogP contribution in [0.2, 0.25) is 5.02 Å². The third kappa shape index (κ3) is 5.85. The Morgan fingerprint density at radius 2 is 1.84 bits per heavy atom. The number of hydrogen-bond donors (Lipinski definition) is 1. The van der Waals surface area contributed by atoms with Gasteiger partial charge in [-0.2, -0.15) is 0 Å². The van der Waals surface area contributed by atoms with E-state index in [4.69, 9.17) is 26.2 Å². The summed E-state index contributed by atoms with van der Waals surface area (Å²) in [5.41, 5.74) is 2.30. The average molecular weight is 536 g/mol. The van der Waals surface area contributed by atoms with Crippen LogP contribution < -0.4 is 10.3 Å². The summed E-state index contributed by atoms with van der Waals surface area (Å²) in [6.07, 6.45) is 6.88. The van der Waals surface area contributed by atoms with Gasteiger partial charge in [0.2, 0.25) is 0 Å². The average Bonchev–Trinajstić information content (AvgIpc) is 3.44. The molecule has 0 aliphatic rings. The molecular formula is C28H26ClN3O6. The van der Waals surface area contributed by atoms with Crippen molar-refractivity contribution in [1.29, 1.82) is 0 Å². The number of aromatic carboxylic acids is 1. The molecule has 0 saturated carbocycles. The third-order valence-corrected chi connectivity index (χ3v) is 6.41. The van der Waals surface area contributed by atoms with Gasteiger partial charge in [-0.25, -0.2) is 9.78 Å². The molecule has 0 fully saturated rings. The van der Waals surface area contributed by atoms with Crippen molar-refractivity contribution in [2.75, 3.05) is 20.8 Å². The molecule has 196 valence electrons. The number of hydrogen-bond acceptors (Lipinski definition) is 6. The highest BCUT2D eigenvalue weighted by atomic mass is 35.5. The molecule has 0 saturated heterocycles. The minimum absolute atomic E-state index is 0.0177. The summed E-state index contributed by atoms with van der Waals surface area (Å²) in [6, 6.07) is 12.0. The molecule has 2 aromatic carbocycles. The van der Waals surface area contributed by atoms with Gasteiger partial charge in [-0.05, 0) is 42.3 Å². The molecule has 0 amide bonds. The van der Waals surface area contributed by atoms with Crippen LogP contribution in [0.4, 0.5) is 0 Å². The maximum atomic E-state index is 13.4. The number of aromatic nitrogens is 3. The summed E-state index contributed by atoms with van der Waals surface area (Å²) in [5.74, 6) is -0.881. The van der Waals surface area contributed by atoms with E-state index < -0.39 is 17.6 Å². The highest BCUT2D eigenvalue weighted by Gasteiger charge is 2.24. The lowest BCUT2D eigenvalue weighted by Crippen LogP contribution is -2.31. The summed E-state index contributed by atoms with van der Waals surface area (Å²) in [6.45, 7) is 0.254. The molecule has 4 aromatic rings. The van der Waals surface area contributed by atoms with Crippen LogP contribution in [0.5, 0.6) is 5.75 Å². The van der Waals surface area contributed by atoms with Crippen molar-refractivity contribution in [3.63, 3.8) is 0 Å². The quantitative estimate of drug-likeness (QED) is 0.302. The largest absolute Gasteiger partial charge is 0.495 e. The molecule has 10 heteroatoms. The molecule has 1 atom stereocenters. The predicted molar refractivity (Wildman–Crippen MR) is 142 cm³/mol. The molecule has 0 bridgehead atoms. The summed E-state index contributed by atoms with van der Waals surface area (Å²) in [7, 11) is 3.01. The summed E-state index contributed by atoms with van der Waals surface area (Å²) in [5, 5.41) is 9.60. The van der Waals surface area contributed by atoms with Crippen molar-refractivity contribution in [2.45, 2.75) is 18.9 Å². The van der Waals surface area contributed by atoms with Gasteiger partial charge in [0.1, 0.15) is 5.75 Å². The van der Waals surface area contributed by atoms with Gasteiger partial charge in [-0.1, -0.05) is 23.7 Å². The van der Waals surface area contributed by atoms with E-state index in [0.717, 1.165) is 5.69 Å². The molecule has 0 aliphatic heterocycles. The van der Waals surface area contributed by atoms with Crippen LogP contribution in [-0.2, 0) is 16.0 Å². The first-order valence-electron chi connectivity index (χ1n) is 11.7. The van der Waals surface area contributed by atoms with Crippen LogP contribution in [0, 0.1) is 0 Å². The highest BCUT2D eigenvalue weighted by Crippen LogP contribution is 2.35. The van der Waals surface area contributed by atoms with E-state index in [1.54, 1.807) is 47.6 Å². The molecule has 9 nitrogen and oxygen atoms in total. The summed E-state index contributed by atoms with van der Waals surface area (Å²) >= 11 is 6.31. The van der Waals surface area contributed by atoms with Gasteiger partial charge < -0.3 is 23.7 Å². The van der Waals surface area contributed by atoms with Gasteiger partial charge in [0, 0.05) is 54.7 Å². The first-order valence-corrected chi connectivity index (χ1v) is 12.1. The third-order valence-electron chi connectivity index (χ3n) is 6.18. The Hall–Kier alpha value is -4.21. The topological polar surface area (TPSA) is 113 Å². The minimum Gasteiger partial charge on any atom is -0.495 e. The predicted octanol–water partition coefficient (Wildman–Crippen LogP) is 4.45. The molecule has 2 aromatic heterocycles. The van der Waals surface area contributed by atoms with E-state index >= 15 is 0 Å². The molecule has 4 rings (SSSR count). The monoisotopic (exact) mass is 535 g/mol. The number of nitrogens with zero attached hydrogens (tertiary/aromatic N) is 3. The Morgan fingerprint density at radius 3 is 2.47 bits per heavy atom. The van der Waals surface area contributed by atoms with Gasteiger partial charge in [0.25, 0.3) is 5.56 Å². The van der Waals surface area contributed by atoms with E-state index in [0.29, 0.717) is 27.5 Å². The lowest BCUT2D eigenvalue weighted by molar-refractivity contribution is -0.122. The Bertz CT molecular complexity index is 1500. The molecule has 0 aliphatic carbocycles. The molecule has 0 spiro atoms. The SMILES string of the molecule is COCCC(C(=O)Cc1ccc(C(=O)O)cc1)n1cc(OC)c(-c2cc(Cl)ccc2-n2ccnc2)cc1=O. The number of carboxylic acids is 1. The Balaban J connectivity index is 1.74. The number of pyridine rings is 1. The number of halogens is 1. The second kappa shape index (κ2) is 11.9. The van der Waals surface area contributed by atoms with Crippen molar-refractivity contribution in [2.24, 2.45) is 0 Å². The second-order valence-electron chi connectivity index (χ2n) is 8.57. The smallest absolute Gasteiger partial charge is 0.335 e. The first kappa shape index (κ1) is 26.8. The van der Waals surface area contributed by atoms with E-state index in [-0.39, 0.29) is 30.8 Å². The maximum Gasteiger partial charge on any atom is 0.335 e. The molecule has 1 unspecified atom stereocenters. The van der Waals surface area contributed by atoms with Crippen LogP contribution in [0.1, 0.15) is 28.4 Å². The summed E-state index contributed by atoms with van der Waals surface area (Å²) < 4.78 is 14.0. The van der Waals surface area contributed by atoms with Crippen LogP contribution in [-0.4, -0.2) is 51.8 Å².